The lowest BCUT2D eigenvalue weighted by molar-refractivity contribution is -0.128. The zero-order valence-corrected chi connectivity index (χ0v) is 19.6. The Morgan fingerprint density at radius 1 is 0.971 bits per heavy atom. The molecule has 3 heterocycles. The van der Waals surface area contributed by atoms with Crippen molar-refractivity contribution in [3.8, 4) is 11.3 Å². The first kappa shape index (κ1) is 22.2. The molecule has 0 spiro atoms. The lowest BCUT2D eigenvalue weighted by Gasteiger charge is -2.34. The zero-order valence-electron chi connectivity index (χ0n) is 18.8. The van der Waals surface area contributed by atoms with Crippen molar-refractivity contribution in [2.24, 2.45) is 10.2 Å². The van der Waals surface area contributed by atoms with Crippen LogP contribution in [0, 0.1) is 0 Å². The lowest BCUT2D eigenvalue weighted by atomic mass is 10.1. The van der Waals surface area contributed by atoms with E-state index in [1.807, 2.05) is 55.5 Å². The third-order valence-corrected chi connectivity index (χ3v) is 6.54. The maximum absolute atomic E-state index is 13.2. The summed E-state index contributed by atoms with van der Waals surface area (Å²) in [5.74, 6) is -0.201. The van der Waals surface area contributed by atoms with Crippen molar-refractivity contribution in [3.63, 3.8) is 0 Å². The van der Waals surface area contributed by atoms with Crippen LogP contribution in [-0.4, -0.2) is 58.8 Å². The van der Waals surface area contributed by atoms with Gasteiger partial charge in [0.15, 0.2) is 0 Å². The second-order valence-corrected chi connectivity index (χ2v) is 8.82. The quantitative estimate of drug-likeness (QED) is 0.536. The number of halogens is 1. The van der Waals surface area contributed by atoms with E-state index < -0.39 is 0 Å². The Hall–Kier alpha value is -3.58. The summed E-state index contributed by atoms with van der Waals surface area (Å²) >= 11 is 6.52. The van der Waals surface area contributed by atoms with E-state index in [4.69, 9.17) is 16.6 Å². The molecule has 0 saturated carbocycles. The predicted molar refractivity (Wildman–Crippen MR) is 132 cm³/mol. The van der Waals surface area contributed by atoms with E-state index in [0.717, 1.165) is 23.1 Å². The molecule has 0 aliphatic carbocycles. The second kappa shape index (κ2) is 9.35. The van der Waals surface area contributed by atoms with E-state index in [2.05, 4.69) is 10.2 Å². The van der Waals surface area contributed by atoms with E-state index in [-0.39, 0.29) is 17.9 Å². The Morgan fingerprint density at radius 2 is 1.68 bits per heavy atom. The summed E-state index contributed by atoms with van der Waals surface area (Å²) in [6, 6.07) is 17.1. The SMILES string of the molecule is CCC1C=C(C(=O)N2CCN(C(=O)c3ccc4c(Cl)cc(-c5ccccc5)nc4c3)CC2)N=N1. The van der Waals surface area contributed by atoms with Gasteiger partial charge in [0.25, 0.3) is 11.8 Å². The fourth-order valence-corrected chi connectivity index (χ4v) is 4.49. The Bertz CT molecular complexity index is 1310. The van der Waals surface area contributed by atoms with Gasteiger partial charge in [-0.05, 0) is 30.7 Å². The van der Waals surface area contributed by atoms with Crippen LogP contribution in [0.1, 0.15) is 23.7 Å². The first-order valence-corrected chi connectivity index (χ1v) is 11.8. The van der Waals surface area contributed by atoms with Crippen molar-refractivity contribution in [3.05, 3.63) is 77.0 Å². The number of carbonyl (C=O) groups is 2. The van der Waals surface area contributed by atoms with E-state index in [1.165, 1.54) is 0 Å². The summed E-state index contributed by atoms with van der Waals surface area (Å²) in [6.07, 6.45) is 2.64. The fraction of sp³-hybridized carbons (Fsp3) is 0.269. The summed E-state index contributed by atoms with van der Waals surface area (Å²) in [4.78, 5) is 34.2. The normalized spacial score (nSPS) is 17.8. The summed E-state index contributed by atoms with van der Waals surface area (Å²) in [5, 5.41) is 9.52. The lowest BCUT2D eigenvalue weighted by Crippen LogP contribution is -2.50. The smallest absolute Gasteiger partial charge is 0.274 e. The molecule has 5 rings (SSSR count). The zero-order chi connectivity index (χ0) is 23.7. The number of hydrogen-bond acceptors (Lipinski definition) is 5. The van der Waals surface area contributed by atoms with Gasteiger partial charge in [-0.3, -0.25) is 9.59 Å². The number of benzene rings is 2. The molecular formula is C26H24ClN5O2. The molecular weight excluding hydrogens is 450 g/mol. The number of azo groups is 1. The van der Waals surface area contributed by atoms with Crippen LogP contribution in [0.2, 0.25) is 5.02 Å². The highest BCUT2D eigenvalue weighted by Crippen LogP contribution is 2.29. The van der Waals surface area contributed by atoms with Crippen LogP contribution >= 0.6 is 11.6 Å². The minimum Gasteiger partial charge on any atom is -0.335 e. The van der Waals surface area contributed by atoms with Gasteiger partial charge in [0.1, 0.15) is 5.70 Å². The molecule has 34 heavy (non-hydrogen) atoms. The second-order valence-electron chi connectivity index (χ2n) is 8.41. The van der Waals surface area contributed by atoms with Crippen LogP contribution in [0.4, 0.5) is 0 Å². The van der Waals surface area contributed by atoms with Gasteiger partial charge in [-0.1, -0.05) is 54.9 Å². The number of pyridine rings is 1. The van der Waals surface area contributed by atoms with Crippen molar-refractivity contribution >= 4 is 34.3 Å². The van der Waals surface area contributed by atoms with Gasteiger partial charge < -0.3 is 9.80 Å². The molecule has 7 nitrogen and oxygen atoms in total. The van der Waals surface area contributed by atoms with E-state index >= 15 is 0 Å². The van der Waals surface area contributed by atoms with Crippen molar-refractivity contribution < 1.29 is 9.59 Å². The van der Waals surface area contributed by atoms with Gasteiger partial charge in [-0.25, -0.2) is 4.98 Å². The molecule has 1 saturated heterocycles. The summed E-state index contributed by atoms with van der Waals surface area (Å²) in [6.45, 7) is 3.86. The van der Waals surface area contributed by atoms with Gasteiger partial charge in [-0.15, -0.1) is 5.11 Å². The van der Waals surface area contributed by atoms with Gasteiger partial charge in [0.05, 0.1) is 22.3 Å². The minimum absolute atomic E-state index is 0.0146. The molecule has 2 aliphatic rings. The Balaban J connectivity index is 1.31. The highest BCUT2D eigenvalue weighted by atomic mass is 35.5. The third kappa shape index (κ3) is 4.31. The monoisotopic (exact) mass is 473 g/mol. The maximum atomic E-state index is 13.2. The Kier molecular flexibility index (Phi) is 6.11. The van der Waals surface area contributed by atoms with Gasteiger partial charge in [0.2, 0.25) is 0 Å². The van der Waals surface area contributed by atoms with Gasteiger partial charge in [0, 0.05) is 42.7 Å². The third-order valence-electron chi connectivity index (χ3n) is 6.23. The summed E-state index contributed by atoms with van der Waals surface area (Å²) in [5.41, 5.74) is 3.36. The highest BCUT2D eigenvalue weighted by molar-refractivity contribution is 6.35. The molecule has 172 valence electrons. The first-order valence-electron chi connectivity index (χ1n) is 11.4. The molecule has 3 aromatic rings. The predicted octanol–water partition coefficient (Wildman–Crippen LogP) is 4.97. The maximum Gasteiger partial charge on any atom is 0.274 e. The molecule has 8 heteroatoms. The molecule has 2 aromatic carbocycles. The van der Waals surface area contributed by atoms with Crippen LogP contribution in [0.3, 0.4) is 0 Å². The number of hydrogen-bond donors (Lipinski definition) is 0. The largest absolute Gasteiger partial charge is 0.335 e. The minimum atomic E-state index is -0.121. The Morgan fingerprint density at radius 3 is 2.35 bits per heavy atom. The molecule has 1 unspecified atom stereocenters. The van der Waals surface area contributed by atoms with Crippen molar-refractivity contribution in [1.82, 2.24) is 14.8 Å². The van der Waals surface area contributed by atoms with Crippen LogP contribution in [-0.2, 0) is 4.79 Å². The number of nitrogens with zero attached hydrogens (tertiary/aromatic N) is 5. The number of carbonyl (C=O) groups excluding carboxylic acids is 2. The number of piperazine rings is 1. The molecule has 2 aliphatic heterocycles. The molecule has 1 atom stereocenters. The van der Waals surface area contributed by atoms with Crippen molar-refractivity contribution in [2.45, 2.75) is 19.4 Å². The Labute approximate surface area is 202 Å². The molecule has 0 bridgehead atoms. The standard InChI is InChI=1S/C26H24ClN5O2/c1-2-19-15-24(30-29-19)26(34)32-12-10-31(11-13-32)25(33)18-8-9-20-21(27)16-22(28-23(20)14-18)17-6-4-3-5-7-17/h3-9,14-16,19H,2,10-13H2,1H3. The number of aromatic nitrogens is 1. The molecule has 0 radical (unpaired) electrons. The number of rotatable bonds is 4. The van der Waals surface area contributed by atoms with Crippen LogP contribution < -0.4 is 0 Å². The molecule has 1 fully saturated rings. The van der Waals surface area contributed by atoms with Gasteiger partial charge >= 0.3 is 0 Å². The summed E-state index contributed by atoms with van der Waals surface area (Å²) in [7, 11) is 0. The highest BCUT2D eigenvalue weighted by Gasteiger charge is 2.28. The molecule has 0 N–H and O–H groups in total. The molecule has 1 aromatic heterocycles. The summed E-state index contributed by atoms with van der Waals surface area (Å²) < 4.78 is 0. The van der Waals surface area contributed by atoms with E-state index in [9.17, 15) is 9.59 Å². The molecule has 2 amide bonds. The number of fused-ring (bicyclic) bond motifs is 1. The fourth-order valence-electron chi connectivity index (χ4n) is 4.23. The average molecular weight is 474 g/mol. The van der Waals surface area contributed by atoms with E-state index in [0.29, 0.717) is 48.0 Å². The number of amides is 2. The van der Waals surface area contributed by atoms with Crippen molar-refractivity contribution in [1.29, 1.82) is 0 Å². The van der Waals surface area contributed by atoms with Crippen LogP contribution in [0.15, 0.2) is 76.6 Å². The average Bonchev–Trinajstić information content (AvgIpc) is 3.37. The van der Waals surface area contributed by atoms with Crippen molar-refractivity contribution in [2.75, 3.05) is 26.2 Å². The first-order chi connectivity index (χ1) is 16.5. The van der Waals surface area contributed by atoms with E-state index in [1.54, 1.807) is 21.9 Å². The van der Waals surface area contributed by atoms with Gasteiger partial charge in [-0.2, -0.15) is 5.11 Å². The topological polar surface area (TPSA) is 78.2 Å². The van der Waals surface area contributed by atoms with Crippen LogP contribution in [0.5, 0.6) is 0 Å². The van der Waals surface area contributed by atoms with Crippen LogP contribution in [0.25, 0.3) is 22.2 Å².